The second-order valence-corrected chi connectivity index (χ2v) is 8.31. The molecule has 0 saturated heterocycles. The maximum Gasteiger partial charge on any atom is 0.436 e. The lowest BCUT2D eigenvalue weighted by molar-refractivity contribution is -0.133. The molecular weight excluding hydrogens is 468 g/mol. The minimum absolute atomic E-state index is 0.156. The highest BCUT2D eigenvalue weighted by Gasteiger charge is 2.29. The van der Waals surface area contributed by atoms with Gasteiger partial charge in [-0.25, -0.2) is 30.0 Å². The van der Waals surface area contributed by atoms with Crippen molar-refractivity contribution in [3.05, 3.63) is 0 Å². The van der Waals surface area contributed by atoms with Gasteiger partial charge >= 0.3 is 24.4 Å². The van der Waals surface area contributed by atoms with Crippen molar-refractivity contribution in [2.24, 2.45) is 0 Å². The lowest BCUT2D eigenvalue weighted by Crippen LogP contribution is -2.51. The molecule has 0 aliphatic heterocycles. The summed E-state index contributed by atoms with van der Waals surface area (Å²) in [7, 11) is 0. The Morgan fingerprint density at radius 3 is 1.09 bits per heavy atom. The number of imide groups is 2. The molecule has 0 aliphatic carbocycles. The number of amides is 6. The van der Waals surface area contributed by atoms with Crippen LogP contribution in [-0.4, -0.2) is 70.6 Å². The molecule has 0 spiro atoms. The van der Waals surface area contributed by atoms with Crippen LogP contribution < -0.4 is 10.9 Å². The molecule has 0 aromatic rings. The molecule has 0 heterocycles. The van der Waals surface area contributed by atoms with Crippen LogP contribution in [0.5, 0.6) is 0 Å². The first-order valence-electron chi connectivity index (χ1n) is 11.2. The van der Waals surface area contributed by atoms with Crippen LogP contribution in [0.25, 0.3) is 0 Å². The summed E-state index contributed by atoms with van der Waals surface area (Å²) in [5, 5.41) is 0.691. The first kappa shape index (κ1) is 31.4. The monoisotopic (exact) mass is 504 g/mol. The van der Waals surface area contributed by atoms with E-state index in [2.05, 4.69) is 0 Å². The Hall–Kier alpha value is -3.58. The van der Waals surface area contributed by atoms with Crippen LogP contribution in [0.1, 0.15) is 74.7 Å². The fraction of sp³-hybridized carbons (Fsp3) is 0.714. The SMILES string of the molecule is CC(C)OC(=O)NN(C(=O)CCCC(=O)N(NC(=O)OC(C)C)C(=O)OC(C)C)C(=O)OC(C)C. The minimum Gasteiger partial charge on any atom is -0.446 e. The number of nitrogens with one attached hydrogen (secondary N) is 2. The van der Waals surface area contributed by atoms with E-state index in [1.165, 1.54) is 0 Å². The first-order chi connectivity index (χ1) is 16.1. The van der Waals surface area contributed by atoms with E-state index in [0.717, 1.165) is 0 Å². The molecule has 0 rings (SSSR count). The highest BCUT2D eigenvalue weighted by Crippen LogP contribution is 2.08. The molecule has 0 radical (unpaired) electrons. The second kappa shape index (κ2) is 15.3. The third kappa shape index (κ3) is 13.7. The van der Waals surface area contributed by atoms with Gasteiger partial charge in [0.1, 0.15) is 0 Å². The van der Waals surface area contributed by atoms with Crippen molar-refractivity contribution >= 4 is 36.2 Å². The molecule has 0 aliphatic rings. The number of carbonyl (C=O) groups excluding carboxylic acids is 6. The van der Waals surface area contributed by atoms with Gasteiger partial charge in [0.25, 0.3) is 11.8 Å². The largest absolute Gasteiger partial charge is 0.446 e. The van der Waals surface area contributed by atoms with Crippen LogP contribution in [0.15, 0.2) is 0 Å². The average Bonchev–Trinajstić information content (AvgIpc) is 2.67. The number of hydrazine groups is 2. The summed E-state index contributed by atoms with van der Waals surface area (Å²) in [6, 6.07) is 0. The van der Waals surface area contributed by atoms with Crippen LogP contribution in [0.2, 0.25) is 0 Å². The Balaban J connectivity index is 5.25. The summed E-state index contributed by atoms with van der Waals surface area (Å²) in [5.41, 5.74) is 4.01. The van der Waals surface area contributed by atoms with E-state index in [9.17, 15) is 28.8 Å². The standard InChI is InChI=1S/C21H36N4O10/c1-12(2)32-18(28)22-24(20(30)34-14(5)6)16(26)10-9-11-17(27)25(21(31)35-15(7)8)23-19(29)33-13(3)4/h12-15H,9-11H2,1-8H3,(H,22,28)(H,23,29). The molecule has 14 heteroatoms. The molecule has 14 nitrogen and oxygen atoms in total. The molecule has 2 N–H and O–H groups in total. The minimum atomic E-state index is -1.14. The van der Waals surface area contributed by atoms with Gasteiger partial charge in [-0.15, -0.1) is 10.0 Å². The van der Waals surface area contributed by atoms with Crippen LogP contribution in [0.4, 0.5) is 19.2 Å². The number of ether oxygens (including phenoxy) is 4. The van der Waals surface area contributed by atoms with Gasteiger partial charge in [-0.2, -0.15) is 0 Å². The molecule has 0 atom stereocenters. The Morgan fingerprint density at radius 2 is 0.829 bits per heavy atom. The lowest BCUT2D eigenvalue weighted by atomic mass is 10.2. The van der Waals surface area contributed by atoms with Crippen molar-refractivity contribution in [2.45, 2.75) is 99.1 Å². The first-order valence-corrected chi connectivity index (χ1v) is 11.2. The summed E-state index contributed by atoms with van der Waals surface area (Å²) >= 11 is 0. The van der Waals surface area contributed by atoms with Crippen LogP contribution in [-0.2, 0) is 28.5 Å². The van der Waals surface area contributed by atoms with E-state index in [0.29, 0.717) is 10.0 Å². The summed E-state index contributed by atoms with van der Waals surface area (Å²) < 4.78 is 19.6. The molecule has 0 saturated carbocycles. The van der Waals surface area contributed by atoms with Crippen LogP contribution in [0, 0.1) is 0 Å². The Kier molecular flexibility index (Phi) is 13.8. The van der Waals surface area contributed by atoms with Gasteiger partial charge in [-0.05, 0) is 61.8 Å². The van der Waals surface area contributed by atoms with E-state index in [4.69, 9.17) is 18.9 Å². The van der Waals surface area contributed by atoms with Crippen molar-refractivity contribution < 1.29 is 47.7 Å². The van der Waals surface area contributed by atoms with Crippen molar-refractivity contribution in [3.63, 3.8) is 0 Å². The maximum absolute atomic E-state index is 12.6. The number of nitrogens with zero attached hydrogens (tertiary/aromatic N) is 2. The molecule has 0 fully saturated rings. The van der Waals surface area contributed by atoms with E-state index >= 15 is 0 Å². The lowest BCUT2D eigenvalue weighted by Gasteiger charge is -2.23. The Bertz CT molecular complexity index is 705. The third-order valence-electron chi connectivity index (χ3n) is 3.41. The average molecular weight is 505 g/mol. The molecule has 0 aromatic carbocycles. The van der Waals surface area contributed by atoms with E-state index in [-0.39, 0.29) is 6.42 Å². The molecule has 0 aromatic heterocycles. The van der Waals surface area contributed by atoms with Gasteiger partial charge in [-0.1, -0.05) is 0 Å². The number of hydrogen-bond acceptors (Lipinski definition) is 10. The van der Waals surface area contributed by atoms with Gasteiger partial charge in [0, 0.05) is 12.8 Å². The van der Waals surface area contributed by atoms with Gasteiger partial charge in [0.05, 0.1) is 24.4 Å². The highest BCUT2D eigenvalue weighted by atomic mass is 16.6. The zero-order valence-corrected chi connectivity index (χ0v) is 21.4. The quantitative estimate of drug-likeness (QED) is 0.370. The normalized spacial score (nSPS) is 10.6. The summed E-state index contributed by atoms with van der Waals surface area (Å²) in [5.74, 6) is -1.79. The molecule has 0 unspecified atom stereocenters. The zero-order valence-electron chi connectivity index (χ0n) is 21.4. The van der Waals surface area contributed by atoms with E-state index < -0.39 is 73.4 Å². The maximum atomic E-state index is 12.6. The molecule has 0 bridgehead atoms. The summed E-state index contributed by atoms with van der Waals surface area (Å²) in [6.45, 7) is 12.5. The van der Waals surface area contributed by atoms with Crippen molar-refractivity contribution in [1.82, 2.24) is 20.9 Å². The summed E-state index contributed by atoms with van der Waals surface area (Å²) in [6.07, 6.45) is -7.55. The van der Waals surface area contributed by atoms with E-state index in [1.54, 1.807) is 55.4 Å². The number of rotatable bonds is 8. The molecule has 6 amide bonds. The predicted octanol–water partition coefficient (Wildman–Crippen LogP) is 3.00. The molecular formula is C21H36N4O10. The molecule has 35 heavy (non-hydrogen) atoms. The van der Waals surface area contributed by atoms with Crippen molar-refractivity contribution in [2.75, 3.05) is 0 Å². The zero-order chi connectivity index (χ0) is 27.3. The Morgan fingerprint density at radius 1 is 0.543 bits per heavy atom. The third-order valence-corrected chi connectivity index (χ3v) is 3.41. The number of hydrogen-bond donors (Lipinski definition) is 2. The van der Waals surface area contributed by atoms with E-state index in [1.807, 2.05) is 10.9 Å². The van der Waals surface area contributed by atoms with Crippen molar-refractivity contribution in [1.29, 1.82) is 0 Å². The van der Waals surface area contributed by atoms with Crippen LogP contribution in [0.3, 0.4) is 0 Å². The molecule has 200 valence electrons. The fourth-order valence-electron chi connectivity index (χ4n) is 2.21. The van der Waals surface area contributed by atoms with Crippen molar-refractivity contribution in [3.8, 4) is 0 Å². The predicted molar refractivity (Wildman–Crippen MR) is 120 cm³/mol. The van der Waals surface area contributed by atoms with Crippen LogP contribution >= 0.6 is 0 Å². The second-order valence-electron chi connectivity index (χ2n) is 8.31. The van der Waals surface area contributed by atoms with Gasteiger partial charge in [0.15, 0.2) is 0 Å². The fourth-order valence-corrected chi connectivity index (χ4v) is 2.21. The smallest absolute Gasteiger partial charge is 0.436 e. The topological polar surface area (TPSA) is 170 Å². The van der Waals surface area contributed by atoms with Gasteiger partial charge in [-0.3, -0.25) is 9.59 Å². The van der Waals surface area contributed by atoms with Gasteiger partial charge < -0.3 is 18.9 Å². The van der Waals surface area contributed by atoms with Gasteiger partial charge in [0.2, 0.25) is 0 Å². The summed E-state index contributed by atoms with van der Waals surface area (Å²) in [4.78, 5) is 73.4. The number of carbonyl (C=O) groups is 6. The highest BCUT2D eigenvalue weighted by molar-refractivity contribution is 5.95. The Labute approximate surface area is 204 Å².